The van der Waals surface area contributed by atoms with Crippen molar-refractivity contribution < 1.29 is 24.2 Å². The summed E-state index contributed by atoms with van der Waals surface area (Å²) in [5.74, 6) is 0. The molecule has 3 aromatic carbocycles. The van der Waals surface area contributed by atoms with Gasteiger partial charge in [-0.1, -0.05) is 36.4 Å². The van der Waals surface area contributed by atoms with Crippen molar-refractivity contribution in [2.75, 3.05) is 28.2 Å². The summed E-state index contributed by atoms with van der Waals surface area (Å²) in [5, 5.41) is 12.4. The Morgan fingerprint density at radius 3 is 1.54 bits per heavy atom. The van der Waals surface area contributed by atoms with Gasteiger partial charge in [-0.2, -0.15) is 34.3 Å². The molecule has 0 saturated carbocycles. The van der Waals surface area contributed by atoms with Crippen LogP contribution in [0.2, 0.25) is 0 Å². The molecular weight excluding hydrogens is 420 g/mol. The van der Waals surface area contributed by atoms with Crippen LogP contribution in [0.15, 0.2) is 72.8 Å². The number of fused-ring (bicyclic) bond motifs is 3. The van der Waals surface area contributed by atoms with Gasteiger partial charge in [0.25, 0.3) is 0 Å². The van der Waals surface area contributed by atoms with Crippen LogP contribution >= 0.6 is 0 Å². The monoisotopic (exact) mass is 450 g/mol. The van der Waals surface area contributed by atoms with Crippen LogP contribution in [-0.2, 0) is 24.2 Å². The van der Waals surface area contributed by atoms with E-state index in [-0.39, 0.29) is 0 Å². The molecule has 3 aromatic rings. The third-order valence-corrected chi connectivity index (χ3v) is 3.11. The van der Waals surface area contributed by atoms with E-state index in [2.05, 4.69) is 91.2 Å². The molecule has 0 bridgehead atoms. The summed E-state index contributed by atoms with van der Waals surface area (Å²) >= 11 is 1.55. The minimum absolute atomic E-state index is 1.01. The Hall–Kier alpha value is -1.54. The van der Waals surface area contributed by atoms with Crippen LogP contribution < -0.4 is 0 Å². The van der Waals surface area contributed by atoms with Gasteiger partial charge in [0.05, 0.1) is 0 Å². The van der Waals surface area contributed by atoms with E-state index in [0.29, 0.717) is 0 Å². The summed E-state index contributed by atoms with van der Waals surface area (Å²) in [6, 6.07) is 19.3. The zero-order valence-electron chi connectivity index (χ0n) is 18.0. The summed E-state index contributed by atoms with van der Waals surface area (Å²) in [4.78, 5) is 0. The zero-order valence-corrected chi connectivity index (χ0v) is 20.5. The molecule has 0 spiro atoms. The smallest absolute Gasteiger partial charge is 0.0771 e. The largest absolute Gasteiger partial charge is 0.668 e. The van der Waals surface area contributed by atoms with E-state index in [1.165, 1.54) is 24.8 Å². The van der Waals surface area contributed by atoms with Crippen molar-refractivity contribution in [1.82, 2.24) is 0 Å². The molecule has 0 aliphatic heterocycles. The van der Waals surface area contributed by atoms with E-state index in [0.717, 1.165) is 6.42 Å². The first-order valence-electron chi connectivity index (χ1n) is 9.24. The van der Waals surface area contributed by atoms with Crippen LogP contribution in [0.4, 0.5) is 0 Å². The number of allylic oxidation sites excluding steroid dienone is 4. The average molecular weight is 452 g/mol. The van der Waals surface area contributed by atoms with Crippen LogP contribution in [0.1, 0.15) is 20.3 Å². The van der Waals surface area contributed by atoms with E-state index in [1.54, 1.807) is 52.4 Å². The van der Waals surface area contributed by atoms with Crippen LogP contribution in [0, 0.1) is 6.08 Å². The average Bonchev–Trinajstić information content (AvgIpc) is 3.34. The first-order chi connectivity index (χ1) is 13.5. The SMILES string of the molecule is C[C](C)=[Zr].C[N-]C.C[N-]C.[C-]1=CC=CC1.c1ccc2c(c1)[cH-]c1ccccc12. The van der Waals surface area contributed by atoms with Gasteiger partial charge in [-0.3, -0.25) is 6.08 Å². The molecule has 0 unspecified atom stereocenters. The topological polar surface area (TPSA) is 28.2 Å². The number of rotatable bonds is 0. The van der Waals surface area contributed by atoms with Crippen molar-refractivity contribution in [3.8, 4) is 0 Å². The van der Waals surface area contributed by atoms with Gasteiger partial charge in [-0.05, 0) is 0 Å². The Labute approximate surface area is 186 Å². The van der Waals surface area contributed by atoms with Gasteiger partial charge in [0.15, 0.2) is 0 Å². The van der Waals surface area contributed by atoms with E-state index >= 15 is 0 Å². The fourth-order valence-electron chi connectivity index (χ4n) is 2.24. The third kappa shape index (κ3) is 12.0. The van der Waals surface area contributed by atoms with Crippen molar-refractivity contribution >= 4 is 24.8 Å². The number of hydrogen-bond acceptors (Lipinski definition) is 0. The van der Waals surface area contributed by atoms with E-state index < -0.39 is 0 Å². The first kappa shape index (κ1) is 26.5. The summed E-state index contributed by atoms with van der Waals surface area (Å²) in [7, 11) is 7.00. The normalized spacial score (nSPS) is 10.5. The van der Waals surface area contributed by atoms with E-state index in [4.69, 9.17) is 0 Å². The molecule has 0 amide bonds. The van der Waals surface area contributed by atoms with Crippen molar-refractivity contribution in [3.63, 3.8) is 0 Å². The van der Waals surface area contributed by atoms with Crippen molar-refractivity contribution in [2.24, 2.45) is 0 Å². The predicted octanol–water partition coefficient (Wildman–Crippen LogP) is 7.00. The second-order valence-electron chi connectivity index (χ2n) is 6.22. The molecule has 0 saturated heterocycles. The maximum Gasteiger partial charge on any atom is -0.0771 e. The van der Waals surface area contributed by atoms with Crippen LogP contribution in [-0.4, -0.2) is 31.4 Å². The molecule has 1 aliphatic carbocycles. The second kappa shape index (κ2) is 17.6. The fourth-order valence-corrected chi connectivity index (χ4v) is 2.24. The fraction of sp³-hybridized carbons (Fsp3) is 0.280. The maximum atomic E-state index is 3.50. The first-order valence-corrected chi connectivity index (χ1v) is 10.5. The molecular formula is C25H32N2Zr-4. The van der Waals surface area contributed by atoms with Gasteiger partial charge in [0.1, 0.15) is 0 Å². The Bertz CT molecular complexity index is 778. The van der Waals surface area contributed by atoms with E-state index in [9.17, 15) is 0 Å². The maximum absolute atomic E-state index is 3.50. The minimum Gasteiger partial charge on any atom is -0.668 e. The second-order valence-corrected chi connectivity index (χ2v) is 8.67. The standard InChI is InChI=1S/C13H9.C5H5.C3H6.2C2H6N.Zr/c1-3-7-12-10(5-1)9-11-6-2-4-8-13(11)12;1-2-4-5-3-1;3*1-3-2;/h1-9H;1-3H,4H2;3*1-2H3;/q2*-1;;2*-1;. The molecule has 4 rings (SSSR count). The number of hydrogen-bond donors (Lipinski definition) is 0. The van der Waals surface area contributed by atoms with Gasteiger partial charge < -0.3 is 10.6 Å². The van der Waals surface area contributed by atoms with Gasteiger partial charge in [-0.25, -0.2) is 12.2 Å². The predicted molar refractivity (Wildman–Crippen MR) is 125 cm³/mol. The molecule has 0 fully saturated rings. The van der Waals surface area contributed by atoms with Gasteiger partial charge in [0.2, 0.25) is 0 Å². The van der Waals surface area contributed by atoms with Gasteiger partial charge in [-0.15, -0.1) is 46.2 Å². The molecule has 150 valence electrons. The van der Waals surface area contributed by atoms with Gasteiger partial charge >= 0.3 is 41.3 Å². The summed E-state index contributed by atoms with van der Waals surface area (Å²) < 4.78 is 1.51. The van der Waals surface area contributed by atoms with Crippen LogP contribution in [0.5, 0.6) is 0 Å². The minimum atomic E-state index is 1.01. The summed E-state index contributed by atoms with van der Waals surface area (Å²) in [6.45, 7) is 4.25. The molecule has 0 atom stereocenters. The summed E-state index contributed by atoms with van der Waals surface area (Å²) in [6.07, 6.45) is 10.0. The van der Waals surface area contributed by atoms with Crippen LogP contribution in [0.25, 0.3) is 32.2 Å². The molecule has 0 N–H and O–H groups in total. The van der Waals surface area contributed by atoms with Crippen molar-refractivity contribution in [1.29, 1.82) is 0 Å². The Balaban J connectivity index is 0.000000406. The van der Waals surface area contributed by atoms with Crippen LogP contribution in [0.3, 0.4) is 0 Å². The van der Waals surface area contributed by atoms with Gasteiger partial charge in [0, 0.05) is 0 Å². The molecule has 0 aromatic heterocycles. The third-order valence-electron chi connectivity index (χ3n) is 3.11. The molecule has 0 radical (unpaired) electrons. The zero-order chi connectivity index (χ0) is 21.2. The molecule has 1 aliphatic rings. The Kier molecular flexibility index (Phi) is 16.6. The number of benzene rings is 2. The molecule has 2 nitrogen and oxygen atoms in total. The summed E-state index contributed by atoms with van der Waals surface area (Å²) in [5.41, 5.74) is 0. The molecule has 0 heterocycles. The van der Waals surface area contributed by atoms with E-state index in [1.807, 2.05) is 12.2 Å². The molecule has 3 heteroatoms. The Morgan fingerprint density at radius 1 is 0.857 bits per heavy atom. The molecule has 28 heavy (non-hydrogen) atoms. The van der Waals surface area contributed by atoms with Crippen molar-refractivity contribution in [3.05, 3.63) is 89.5 Å². The van der Waals surface area contributed by atoms with Crippen molar-refractivity contribution in [2.45, 2.75) is 20.3 Å². The Morgan fingerprint density at radius 2 is 1.25 bits per heavy atom. The quantitative estimate of drug-likeness (QED) is 0.329. The number of nitrogens with zero attached hydrogens (tertiary/aromatic N) is 2.